The van der Waals surface area contributed by atoms with Crippen LogP contribution in [0.3, 0.4) is 0 Å². The molecule has 23 heavy (non-hydrogen) atoms. The van der Waals surface area contributed by atoms with E-state index in [4.69, 9.17) is 23.2 Å². The molecule has 1 heterocycles. The molecule has 0 radical (unpaired) electrons. The van der Waals surface area contributed by atoms with Gasteiger partial charge in [-0.25, -0.2) is 0 Å². The van der Waals surface area contributed by atoms with Crippen molar-refractivity contribution in [2.45, 2.75) is 32.7 Å². The number of benzene rings is 1. The molecule has 0 aliphatic carbocycles. The van der Waals surface area contributed by atoms with E-state index in [0.717, 1.165) is 0 Å². The standard InChI is InChI=1S/C17H18Cl2N2O2/c1-17(2,3)11-4-6-13(7-5-11)20-15(22)10-21-9-12(18)8-14(19)16(21)23/h4-9H,10H2,1-3H3,(H,20,22). The molecule has 0 saturated carbocycles. The molecular weight excluding hydrogens is 335 g/mol. The smallest absolute Gasteiger partial charge is 0.269 e. The van der Waals surface area contributed by atoms with Crippen LogP contribution in [0, 0.1) is 0 Å². The van der Waals surface area contributed by atoms with E-state index in [1.165, 1.54) is 22.4 Å². The first-order valence-corrected chi connectivity index (χ1v) is 7.88. The van der Waals surface area contributed by atoms with E-state index in [0.29, 0.717) is 10.7 Å². The number of nitrogens with zero attached hydrogens (tertiary/aromatic N) is 1. The van der Waals surface area contributed by atoms with Crippen LogP contribution in [0.4, 0.5) is 5.69 Å². The van der Waals surface area contributed by atoms with Gasteiger partial charge in [-0.3, -0.25) is 9.59 Å². The van der Waals surface area contributed by atoms with E-state index in [9.17, 15) is 9.59 Å². The summed E-state index contributed by atoms with van der Waals surface area (Å²) in [5, 5.41) is 3.04. The van der Waals surface area contributed by atoms with E-state index >= 15 is 0 Å². The average Bonchev–Trinajstić information content (AvgIpc) is 2.43. The predicted octanol–water partition coefficient (Wildman–Crippen LogP) is 4.09. The van der Waals surface area contributed by atoms with Crippen LogP contribution in [0.25, 0.3) is 0 Å². The largest absolute Gasteiger partial charge is 0.325 e. The number of nitrogens with one attached hydrogen (secondary N) is 1. The van der Waals surface area contributed by atoms with Gasteiger partial charge in [0.05, 0.1) is 5.02 Å². The molecule has 6 heteroatoms. The van der Waals surface area contributed by atoms with Crippen molar-refractivity contribution in [1.29, 1.82) is 0 Å². The topological polar surface area (TPSA) is 51.1 Å². The summed E-state index contributed by atoms with van der Waals surface area (Å²) < 4.78 is 1.18. The Bertz CT molecular complexity index is 775. The molecule has 2 rings (SSSR count). The Morgan fingerprint density at radius 3 is 2.35 bits per heavy atom. The first-order valence-electron chi connectivity index (χ1n) is 7.13. The third-order valence-corrected chi connectivity index (χ3v) is 3.84. The summed E-state index contributed by atoms with van der Waals surface area (Å²) in [5.41, 5.74) is 1.44. The summed E-state index contributed by atoms with van der Waals surface area (Å²) in [6.07, 6.45) is 1.39. The summed E-state index contributed by atoms with van der Waals surface area (Å²) in [6.45, 7) is 6.21. The summed E-state index contributed by atoms with van der Waals surface area (Å²) in [5.74, 6) is -0.325. The minimum atomic E-state index is -0.450. The number of amides is 1. The van der Waals surface area contributed by atoms with Gasteiger partial charge >= 0.3 is 0 Å². The number of pyridine rings is 1. The van der Waals surface area contributed by atoms with E-state index in [1.807, 2.05) is 24.3 Å². The number of anilines is 1. The lowest BCUT2D eigenvalue weighted by Gasteiger charge is -2.19. The molecular formula is C17H18Cl2N2O2. The van der Waals surface area contributed by atoms with Gasteiger partial charge in [0.15, 0.2) is 0 Å². The number of carbonyl (C=O) groups excluding carboxylic acids is 1. The van der Waals surface area contributed by atoms with Crippen LogP contribution in [-0.2, 0) is 16.8 Å². The fourth-order valence-electron chi connectivity index (χ4n) is 2.09. The van der Waals surface area contributed by atoms with Gasteiger partial charge in [-0.2, -0.15) is 0 Å². The van der Waals surface area contributed by atoms with Crippen LogP contribution in [0.15, 0.2) is 41.3 Å². The number of aromatic nitrogens is 1. The first kappa shape index (κ1) is 17.6. The number of carbonyl (C=O) groups is 1. The third-order valence-electron chi connectivity index (χ3n) is 3.36. The molecule has 0 aliphatic rings. The molecule has 0 bridgehead atoms. The van der Waals surface area contributed by atoms with E-state index < -0.39 is 5.56 Å². The highest BCUT2D eigenvalue weighted by atomic mass is 35.5. The zero-order valence-corrected chi connectivity index (χ0v) is 14.7. The molecule has 0 saturated heterocycles. The number of hydrogen-bond acceptors (Lipinski definition) is 2. The van der Waals surface area contributed by atoms with Gasteiger partial charge in [0.25, 0.3) is 5.56 Å². The Labute approximate surface area is 145 Å². The highest BCUT2D eigenvalue weighted by Crippen LogP contribution is 2.23. The van der Waals surface area contributed by atoms with Gasteiger partial charge in [-0.15, -0.1) is 0 Å². The summed E-state index contributed by atoms with van der Waals surface area (Å²) in [4.78, 5) is 23.9. The lowest BCUT2D eigenvalue weighted by atomic mass is 9.87. The first-order chi connectivity index (χ1) is 10.7. The average molecular weight is 353 g/mol. The van der Waals surface area contributed by atoms with Gasteiger partial charge in [0, 0.05) is 11.9 Å². The Hall–Kier alpha value is -1.78. The summed E-state index contributed by atoms with van der Waals surface area (Å²) in [6, 6.07) is 8.97. The van der Waals surface area contributed by atoms with Crippen molar-refractivity contribution < 1.29 is 4.79 Å². The lowest BCUT2D eigenvalue weighted by Crippen LogP contribution is -2.27. The van der Waals surface area contributed by atoms with Crippen molar-refractivity contribution in [3.05, 3.63) is 62.5 Å². The predicted molar refractivity (Wildman–Crippen MR) is 94.5 cm³/mol. The normalized spacial score (nSPS) is 11.3. The molecule has 1 amide bonds. The molecule has 1 aromatic carbocycles. The Morgan fingerprint density at radius 1 is 1.17 bits per heavy atom. The highest BCUT2D eigenvalue weighted by molar-refractivity contribution is 6.34. The molecule has 122 valence electrons. The molecule has 0 atom stereocenters. The molecule has 0 spiro atoms. The van der Waals surface area contributed by atoms with Gasteiger partial charge in [0.2, 0.25) is 5.91 Å². The lowest BCUT2D eigenvalue weighted by molar-refractivity contribution is -0.116. The van der Waals surface area contributed by atoms with Crippen molar-refractivity contribution in [2.24, 2.45) is 0 Å². The molecule has 2 aromatic rings. The zero-order valence-electron chi connectivity index (χ0n) is 13.2. The maximum atomic E-state index is 12.1. The van der Waals surface area contributed by atoms with E-state index in [1.54, 1.807) is 0 Å². The minimum absolute atomic E-state index is 0.0140. The van der Waals surface area contributed by atoms with Crippen molar-refractivity contribution in [2.75, 3.05) is 5.32 Å². The Kier molecular flexibility index (Phi) is 5.17. The van der Waals surface area contributed by atoms with Gasteiger partial charge < -0.3 is 9.88 Å². The molecule has 1 N–H and O–H groups in total. The Balaban J connectivity index is 2.10. The third kappa shape index (κ3) is 4.60. The van der Waals surface area contributed by atoms with Crippen molar-refractivity contribution in [1.82, 2.24) is 4.57 Å². The van der Waals surface area contributed by atoms with Crippen molar-refractivity contribution in [3.8, 4) is 0 Å². The molecule has 0 aliphatic heterocycles. The number of hydrogen-bond donors (Lipinski definition) is 1. The van der Waals surface area contributed by atoms with Crippen LogP contribution in [0.2, 0.25) is 10.0 Å². The minimum Gasteiger partial charge on any atom is -0.325 e. The maximum Gasteiger partial charge on any atom is 0.269 e. The fourth-order valence-corrected chi connectivity index (χ4v) is 2.60. The van der Waals surface area contributed by atoms with Crippen LogP contribution in [0.1, 0.15) is 26.3 Å². The molecule has 0 unspecified atom stereocenters. The second-order valence-electron chi connectivity index (χ2n) is 6.31. The van der Waals surface area contributed by atoms with Crippen LogP contribution < -0.4 is 10.9 Å². The van der Waals surface area contributed by atoms with Crippen LogP contribution >= 0.6 is 23.2 Å². The van der Waals surface area contributed by atoms with Crippen molar-refractivity contribution in [3.63, 3.8) is 0 Å². The fraction of sp³-hybridized carbons (Fsp3) is 0.294. The Morgan fingerprint density at radius 2 is 1.78 bits per heavy atom. The van der Waals surface area contributed by atoms with Gasteiger partial charge in [0.1, 0.15) is 11.6 Å². The number of halogens is 2. The molecule has 0 fully saturated rings. The van der Waals surface area contributed by atoms with Crippen LogP contribution in [0.5, 0.6) is 0 Å². The number of rotatable bonds is 3. The van der Waals surface area contributed by atoms with Gasteiger partial charge in [-0.05, 0) is 29.2 Å². The zero-order chi connectivity index (χ0) is 17.2. The van der Waals surface area contributed by atoms with Crippen molar-refractivity contribution >= 4 is 34.8 Å². The highest BCUT2D eigenvalue weighted by Gasteiger charge is 2.13. The van der Waals surface area contributed by atoms with Gasteiger partial charge in [-0.1, -0.05) is 56.1 Å². The van der Waals surface area contributed by atoms with Crippen LogP contribution in [-0.4, -0.2) is 10.5 Å². The monoisotopic (exact) mass is 352 g/mol. The van der Waals surface area contributed by atoms with E-state index in [-0.39, 0.29) is 22.9 Å². The molecule has 4 nitrogen and oxygen atoms in total. The van der Waals surface area contributed by atoms with E-state index in [2.05, 4.69) is 26.1 Å². The summed E-state index contributed by atoms with van der Waals surface area (Å²) in [7, 11) is 0. The second kappa shape index (κ2) is 6.77. The summed E-state index contributed by atoms with van der Waals surface area (Å²) >= 11 is 11.6. The maximum absolute atomic E-state index is 12.1. The SMILES string of the molecule is CC(C)(C)c1ccc(NC(=O)Cn2cc(Cl)cc(Cl)c2=O)cc1. The molecule has 1 aromatic heterocycles. The quantitative estimate of drug-likeness (QED) is 0.904. The second-order valence-corrected chi connectivity index (χ2v) is 7.16.